The molecule has 0 saturated carbocycles. The first kappa shape index (κ1) is 19.0. The smallest absolute Gasteiger partial charge is 0.227 e. The monoisotopic (exact) mass is 368 g/mol. The van der Waals surface area contributed by atoms with Crippen molar-refractivity contribution in [2.45, 2.75) is 46.3 Å². The van der Waals surface area contributed by atoms with Gasteiger partial charge >= 0.3 is 0 Å². The van der Waals surface area contributed by atoms with Gasteiger partial charge in [-0.1, -0.05) is 6.07 Å². The molecule has 3 N–H and O–H groups in total. The predicted octanol–water partition coefficient (Wildman–Crippen LogP) is 2.89. The zero-order valence-electron chi connectivity index (χ0n) is 16.4. The van der Waals surface area contributed by atoms with Crippen molar-refractivity contribution in [3.63, 3.8) is 0 Å². The van der Waals surface area contributed by atoms with Crippen molar-refractivity contribution in [1.29, 1.82) is 0 Å². The first-order chi connectivity index (χ1) is 13.0. The summed E-state index contributed by atoms with van der Waals surface area (Å²) < 4.78 is 0. The molecule has 3 aromatic heterocycles. The van der Waals surface area contributed by atoms with E-state index in [1.807, 2.05) is 18.3 Å². The summed E-state index contributed by atoms with van der Waals surface area (Å²) in [6, 6.07) is 4.93. The Kier molecular flexibility index (Phi) is 6.18. The van der Waals surface area contributed by atoms with Gasteiger partial charge in [0.25, 0.3) is 0 Å². The SMILES string of the molecule is CC(C)N(CCNc1nc(NCc2cccnc2)nc2nc[nH]c12)C(C)C. The van der Waals surface area contributed by atoms with Gasteiger partial charge in [-0.05, 0) is 39.3 Å². The second kappa shape index (κ2) is 8.77. The van der Waals surface area contributed by atoms with Crippen LogP contribution in [0, 0.1) is 0 Å². The maximum atomic E-state index is 4.63. The highest BCUT2D eigenvalue weighted by molar-refractivity contribution is 5.83. The average Bonchev–Trinajstić information content (AvgIpc) is 3.12. The first-order valence-electron chi connectivity index (χ1n) is 9.38. The number of nitrogens with zero attached hydrogens (tertiary/aromatic N) is 5. The maximum Gasteiger partial charge on any atom is 0.227 e. The molecule has 0 unspecified atom stereocenters. The Morgan fingerprint density at radius 2 is 1.93 bits per heavy atom. The van der Waals surface area contributed by atoms with Crippen LogP contribution in [0.4, 0.5) is 11.8 Å². The van der Waals surface area contributed by atoms with Crippen LogP contribution in [0.5, 0.6) is 0 Å². The number of imidazole rings is 1. The van der Waals surface area contributed by atoms with Gasteiger partial charge in [-0.2, -0.15) is 9.97 Å². The fourth-order valence-corrected chi connectivity index (χ4v) is 3.14. The lowest BCUT2D eigenvalue weighted by Crippen LogP contribution is -2.40. The van der Waals surface area contributed by atoms with Crippen molar-refractivity contribution in [3.05, 3.63) is 36.4 Å². The molecule has 0 aromatic carbocycles. The van der Waals surface area contributed by atoms with Crippen molar-refractivity contribution < 1.29 is 0 Å². The maximum absolute atomic E-state index is 4.63. The Labute approximate surface area is 159 Å². The second-order valence-electron chi connectivity index (χ2n) is 7.06. The molecule has 27 heavy (non-hydrogen) atoms. The number of nitrogens with one attached hydrogen (secondary N) is 3. The number of aromatic amines is 1. The van der Waals surface area contributed by atoms with Crippen molar-refractivity contribution in [2.75, 3.05) is 23.7 Å². The lowest BCUT2D eigenvalue weighted by Gasteiger charge is -2.30. The van der Waals surface area contributed by atoms with Gasteiger partial charge in [0.05, 0.1) is 6.33 Å². The van der Waals surface area contributed by atoms with E-state index < -0.39 is 0 Å². The van der Waals surface area contributed by atoms with Crippen LogP contribution in [0.1, 0.15) is 33.3 Å². The highest BCUT2D eigenvalue weighted by Crippen LogP contribution is 2.19. The van der Waals surface area contributed by atoms with Crippen LogP contribution in [0.2, 0.25) is 0 Å². The number of aromatic nitrogens is 5. The summed E-state index contributed by atoms with van der Waals surface area (Å²) in [4.78, 5) is 23.1. The molecule has 3 heterocycles. The lowest BCUT2D eigenvalue weighted by atomic mass is 10.2. The van der Waals surface area contributed by atoms with Crippen LogP contribution in [0.25, 0.3) is 11.2 Å². The van der Waals surface area contributed by atoms with Gasteiger partial charge in [-0.25, -0.2) is 4.98 Å². The van der Waals surface area contributed by atoms with E-state index in [-0.39, 0.29) is 0 Å². The molecule has 3 rings (SSSR count). The molecule has 0 spiro atoms. The van der Waals surface area contributed by atoms with Crippen LogP contribution in [-0.4, -0.2) is 55.0 Å². The van der Waals surface area contributed by atoms with E-state index >= 15 is 0 Å². The summed E-state index contributed by atoms with van der Waals surface area (Å²) in [5, 5.41) is 6.69. The highest BCUT2D eigenvalue weighted by Gasteiger charge is 2.14. The fourth-order valence-electron chi connectivity index (χ4n) is 3.14. The third-order valence-electron chi connectivity index (χ3n) is 4.45. The highest BCUT2D eigenvalue weighted by atomic mass is 15.2. The summed E-state index contributed by atoms with van der Waals surface area (Å²) in [7, 11) is 0. The predicted molar refractivity (Wildman–Crippen MR) is 109 cm³/mol. The minimum atomic E-state index is 0.501. The van der Waals surface area contributed by atoms with Gasteiger partial charge in [0.15, 0.2) is 11.5 Å². The van der Waals surface area contributed by atoms with E-state index in [1.165, 1.54) is 0 Å². The van der Waals surface area contributed by atoms with Crippen molar-refractivity contribution in [1.82, 2.24) is 29.8 Å². The van der Waals surface area contributed by atoms with Gasteiger partial charge < -0.3 is 15.6 Å². The van der Waals surface area contributed by atoms with E-state index in [9.17, 15) is 0 Å². The molecule has 3 aromatic rings. The van der Waals surface area contributed by atoms with Gasteiger partial charge in [0.2, 0.25) is 5.95 Å². The summed E-state index contributed by atoms with van der Waals surface area (Å²) in [5.74, 6) is 1.31. The average molecular weight is 368 g/mol. The number of hydrogen-bond acceptors (Lipinski definition) is 7. The molecular weight excluding hydrogens is 340 g/mol. The molecule has 0 aliphatic carbocycles. The molecule has 0 radical (unpaired) electrons. The van der Waals surface area contributed by atoms with Crippen LogP contribution in [-0.2, 0) is 6.54 Å². The largest absolute Gasteiger partial charge is 0.367 e. The number of anilines is 2. The first-order valence-corrected chi connectivity index (χ1v) is 9.38. The number of rotatable bonds is 9. The van der Waals surface area contributed by atoms with Gasteiger partial charge in [0, 0.05) is 44.1 Å². The third kappa shape index (κ3) is 4.91. The molecular formula is C19H28N8. The normalized spacial score (nSPS) is 11.7. The summed E-state index contributed by atoms with van der Waals surface area (Å²) in [6.45, 7) is 11.2. The number of pyridine rings is 1. The Hall–Kier alpha value is -2.74. The zero-order chi connectivity index (χ0) is 19.2. The zero-order valence-corrected chi connectivity index (χ0v) is 16.4. The fraction of sp³-hybridized carbons (Fsp3) is 0.474. The van der Waals surface area contributed by atoms with E-state index in [0.717, 1.165) is 30.0 Å². The molecule has 0 atom stereocenters. The van der Waals surface area contributed by atoms with E-state index in [4.69, 9.17) is 0 Å². The van der Waals surface area contributed by atoms with Crippen molar-refractivity contribution in [2.24, 2.45) is 0 Å². The Bertz CT molecular complexity index is 835. The number of fused-ring (bicyclic) bond motifs is 1. The molecule has 8 nitrogen and oxygen atoms in total. The number of hydrogen-bond donors (Lipinski definition) is 3. The van der Waals surface area contributed by atoms with E-state index in [1.54, 1.807) is 12.5 Å². The van der Waals surface area contributed by atoms with E-state index in [0.29, 0.717) is 30.2 Å². The van der Waals surface area contributed by atoms with Crippen molar-refractivity contribution in [3.8, 4) is 0 Å². The molecule has 0 bridgehead atoms. The molecule has 0 aliphatic heterocycles. The molecule has 0 aliphatic rings. The Morgan fingerprint density at radius 3 is 2.63 bits per heavy atom. The minimum absolute atomic E-state index is 0.501. The molecule has 0 fully saturated rings. The minimum Gasteiger partial charge on any atom is -0.367 e. The lowest BCUT2D eigenvalue weighted by molar-refractivity contribution is 0.182. The Morgan fingerprint density at radius 1 is 1.11 bits per heavy atom. The number of H-pyrrole nitrogens is 1. The van der Waals surface area contributed by atoms with Crippen LogP contribution < -0.4 is 10.6 Å². The third-order valence-corrected chi connectivity index (χ3v) is 4.45. The summed E-state index contributed by atoms with van der Waals surface area (Å²) >= 11 is 0. The quantitative estimate of drug-likeness (QED) is 0.534. The second-order valence-corrected chi connectivity index (χ2v) is 7.06. The molecule has 0 saturated heterocycles. The van der Waals surface area contributed by atoms with Crippen LogP contribution >= 0.6 is 0 Å². The van der Waals surface area contributed by atoms with Crippen LogP contribution in [0.3, 0.4) is 0 Å². The topological polar surface area (TPSA) is 94.7 Å². The van der Waals surface area contributed by atoms with Gasteiger partial charge in [0.1, 0.15) is 5.52 Å². The van der Waals surface area contributed by atoms with Crippen LogP contribution in [0.15, 0.2) is 30.9 Å². The standard InChI is InChI=1S/C19H28N8/c1-13(2)27(14(3)4)9-8-21-17-16-18(24-12-23-16)26-19(25-17)22-11-15-6-5-7-20-10-15/h5-7,10,12-14H,8-9,11H2,1-4H3,(H3,21,22,23,24,25,26). The summed E-state index contributed by atoms with van der Waals surface area (Å²) in [6.07, 6.45) is 5.23. The van der Waals surface area contributed by atoms with Gasteiger partial charge in [-0.3, -0.25) is 9.88 Å². The molecule has 0 amide bonds. The van der Waals surface area contributed by atoms with Gasteiger partial charge in [-0.15, -0.1) is 0 Å². The van der Waals surface area contributed by atoms with Crippen molar-refractivity contribution >= 4 is 22.9 Å². The summed E-state index contributed by atoms with van der Waals surface area (Å²) in [5.41, 5.74) is 2.54. The molecule has 8 heteroatoms. The Balaban J connectivity index is 1.69. The van der Waals surface area contributed by atoms with E-state index in [2.05, 4.69) is 68.1 Å². The molecule has 144 valence electrons.